The monoisotopic (exact) mass is 333 g/mol. The Kier molecular flexibility index (Phi) is 5.18. The van der Waals surface area contributed by atoms with E-state index < -0.39 is 6.10 Å². The van der Waals surface area contributed by atoms with Gasteiger partial charge in [0.2, 0.25) is 0 Å². The predicted molar refractivity (Wildman–Crippen MR) is 90.6 cm³/mol. The van der Waals surface area contributed by atoms with Crippen molar-refractivity contribution in [2.75, 3.05) is 6.54 Å². The lowest BCUT2D eigenvalue weighted by molar-refractivity contribution is 0.0561. The molecule has 4 nitrogen and oxygen atoms in total. The van der Waals surface area contributed by atoms with Crippen LogP contribution in [-0.4, -0.2) is 28.5 Å². The molecule has 1 N–H and O–H groups in total. The molecule has 3 rings (SSSR count). The average molecular weight is 333 g/mol. The number of carbonyl (C=O) groups is 1. The molecule has 0 spiro atoms. The van der Waals surface area contributed by atoms with E-state index in [1.807, 2.05) is 23.3 Å². The van der Waals surface area contributed by atoms with Gasteiger partial charge in [-0.05, 0) is 48.9 Å². The van der Waals surface area contributed by atoms with E-state index in [-0.39, 0.29) is 11.9 Å². The van der Waals surface area contributed by atoms with E-state index in [2.05, 4.69) is 0 Å². The first-order chi connectivity index (χ1) is 11.2. The summed E-state index contributed by atoms with van der Waals surface area (Å²) < 4.78 is 5.30. The van der Waals surface area contributed by atoms with Gasteiger partial charge in [-0.25, -0.2) is 0 Å². The first kappa shape index (κ1) is 16.3. The molecule has 2 aromatic rings. The molecular formula is C18H23NO3S. The van der Waals surface area contributed by atoms with Crippen molar-refractivity contribution in [1.29, 1.82) is 0 Å². The molecule has 0 radical (unpaired) electrons. The predicted octanol–water partition coefficient (Wildman–Crippen LogP) is 4.16. The normalized spacial score (nSPS) is 20.3. The molecular weight excluding hydrogens is 310 g/mol. The third-order valence-electron chi connectivity index (χ3n) is 4.56. The zero-order valence-corrected chi connectivity index (χ0v) is 14.2. The fourth-order valence-electron chi connectivity index (χ4n) is 3.27. The van der Waals surface area contributed by atoms with Crippen molar-refractivity contribution in [2.45, 2.75) is 51.2 Å². The van der Waals surface area contributed by atoms with E-state index in [1.165, 1.54) is 11.3 Å². The third-order valence-corrected chi connectivity index (χ3v) is 5.57. The molecule has 0 bridgehead atoms. The largest absolute Gasteiger partial charge is 0.467 e. The van der Waals surface area contributed by atoms with E-state index in [9.17, 15) is 9.90 Å². The Morgan fingerprint density at radius 2 is 2.30 bits per heavy atom. The Morgan fingerprint density at radius 1 is 1.43 bits per heavy atom. The number of hydrogen-bond donors (Lipinski definition) is 1. The Hall–Kier alpha value is -1.59. The second-order valence-corrected chi connectivity index (χ2v) is 7.12. The van der Waals surface area contributed by atoms with Crippen molar-refractivity contribution in [2.24, 2.45) is 0 Å². The number of likely N-dealkylation sites (tertiary alicyclic amines) is 1. The maximum Gasteiger partial charge on any atom is 0.264 e. The summed E-state index contributed by atoms with van der Waals surface area (Å²) in [5, 5.41) is 12.4. The highest BCUT2D eigenvalue weighted by atomic mass is 32.1. The first-order valence-electron chi connectivity index (χ1n) is 8.23. The second-order valence-electron chi connectivity index (χ2n) is 6.20. The SMILES string of the molecule is Cc1ccsc1C(=O)N1CCCCCC1CC(O)c1ccco1. The fraction of sp³-hybridized carbons (Fsp3) is 0.500. The third kappa shape index (κ3) is 3.67. The van der Waals surface area contributed by atoms with Crippen molar-refractivity contribution < 1.29 is 14.3 Å². The molecule has 3 heterocycles. The number of thiophene rings is 1. The van der Waals surface area contributed by atoms with Gasteiger partial charge in [0.15, 0.2) is 0 Å². The summed E-state index contributed by atoms with van der Waals surface area (Å²) in [5.41, 5.74) is 1.04. The molecule has 2 unspecified atom stereocenters. The molecule has 1 aliphatic heterocycles. The molecule has 0 saturated carbocycles. The highest BCUT2D eigenvalue weighted by Crippen LogP contribution is 2.29. The summed E-state index contributed by atoms with van der Waals surface area (Å²) >= 11 is 1.50. The van der Waals surface area contributed by atoms with E-state index >= 15 is 0 Å². The van der Waals surface area contributed by atoms with Crippen molar-refractivity contribution >= 4 is 17.2 Å². The highest BCUT2D eigenvalue weighted by molar-refractivity contribution is 7.12. The number of amides is 1. The van der Waals surface area contributed by atoms with E-state index in [4.69, 9.17) is 4.42 Å². The quantitative estimate of drug-likeness (QED) is 0.914. The Bertz CT molecular complexity index is 634. The van der Waals surface area contributed by atoms with Crippen molar-refractivity contribution in [3.05, 3.63) is 46.0 Å². The molecule has 124 valence electrons. The molecule has 5 heteroatoms. The van der Waals surface area contributed by atoms with Gasteiger partial charge in [0.05, 0.1) is 11.1 Å². The summed E-state index contributed by atoms with van der Waals surface area (Å²) in [6.45, 7) is 2.75. The zero-order valence-electron chi connectivity index (χ0n) is 13.4. The van der Waals surface area contributed by atoms with Gasteiger partial charge in [-0.2, -0.15) is 0 Å². The first-order valence-corrected chi connectivity index (χ1v) is 9.11. The summed E-state index contributed by atoms with van der Waals surface area (Å²) in [6.07, 6.45) is 5.65. The molecule has 1 amide bonds. The van der Waals surface area contributed by atoms with E-state index in [1.54, 1.807) is 18.4 Å². The van der Waals surface area contributed by atoms with Crippen LogP contribution in [0, 0.1) is 6.92 Å². The van der Waals surface area contributed by atoms with Crippen LogP contribution in [0.3, 0.4) is 0 Å². The van der Waals surface area contributed by atoms with Gasteiger partial charge in [-0.1, -0.05) is 12.8 Å². The van der Waals surface area contributed by atoms with Crippen molar-refractivity contribution in [3.8, 4) is 0 Å². The van der Waals surface area contributed by atoms with Crippen molar-refractivity contribution in [1.82, 2.24) is 4.90 Å². The minimum atomic E-state index is -0.659. The summed E-state index contributed by atoms with van der Waals surface area (Å²) in [5.74, 6) is 0.685. The van der Waals surface area contributed by atoms with E-state index in [0.29, 0.717) is 12.2 Å². The Morgan fingerprint density at radius 3 is 3.00 bits per heavy atom. The van der Waals surface area contributed by atoms with Crippen LogP contribution in [0.2, 0.25) is 0 Å². The van der Waals surface area contributed by atoms with Gasteiger partial charge in [0, 0.05) is 19.0 Å². The number of furan rings is 1. The van der Waals surface area contributed by atoms with Crippen LogP contribution in [0.25, 0.3) is 0 Å². The minimum absolute atomic E-state index is 0.0617. The molecule has 2 atom stereocenters. The molecule has 1 saturated heterocycles. The summed E-state index contributed by atoms with van der Waals surface area (Å²) in [7, 11) is 0. The number of aryl methyl sites for hydroxylation is 1. The molecule has 1 aliphatic rings. The Balaban J connectivity index is 1.77. The molecule has 23 heavy (non-hydrogen) atoms. The number of carbonyl (C=O) groups excluding carboxylic acids is 1. The van der Waals surface area contributed by atoms with Crippen LogP contribution >= 0.6 is 11.3 Å². The van der Waals surface area contributed by atoms with Gasteiger partial charge in [-0.15, -0.1) is 11.3 Å². The van der Waals surface area contributed by atoms with Crippen LogP contribution in [0.4, 0.5) is 0 Å². The number of nitrogens with zero attached hydrogens (tertiary/aromatic N) is 1. The summed E-state index contributed by atoms with van der Waals surface area (Å²) in [4.78, 5) is 15.7. The molecule has 1 fully saturated rings. The lowest BCUT2D eigenvalue weighted by Crippen LogP contribution is -2.40. The Labute approximate surface area is 140 Å². The molecule has 0 aromatic carbocycles. The number of hydrogen-bond acceptors (Lipinski definition) is 4. The van der Waals surface area contributed by atoms with E-state index in [0.717, 1.165) is 42.7 Å². The molecule has 2 aromatic heterocycles. The standard InChI is InChI=1S/C18H23NO3S/c1-13-8-11-23-17(13)18(21)19-9-4-2-3-6-14(19)12-15(20)16-7-5-10-22-16/h5,7-8,10-11,14-15,20H,2-4,6,9,12H2,1H3. The lowest BCUT2D eigenvalue weighted by atomic mass is 10.0. The summed E-state index contributed by atoms with van der Waals surface area (Å²) in [6, 6.07) is 5.62. The van der Waals surface area contributed by atoms with Crippen LogP contribution in [-0.2, 0) is 0 Å². The second kappa shape index (κ2) is 7.32. The van der Waals surface area contributed by atoms with Gasteiger partial charge in [0.1, 0.15) is 11.9 Å². The maximum absolute atomic E-state index is 12.9. The van der Waals surface area contributed by atoms with Crippen LogP contribution in [0.15, 0.2) is 34.3 Å². The van der Waals surface area contributed by atoms with Gasteiger partial charge in [0.25, 0.3) is 5.91 Å². The average Bonchev–Trinajstić information content (AvgIpc) is 3.16. The van der Waals surface area contributed by atoms with Crippen molar-refractivity contribution in [3.63, 3.8) is 0 Å². The maximum atomic E-state index is 12.9. The van der Waals surface area contributed by atoms with Gasteiger partial charge in [-0.3, -0.25) is 4.79 Å². The van der Waals surface area contributed by atoms with Crippen LogP contribution in [0.1, 0.15) is 59.2 Å². The number of aliphatic hydroxyl groups is 1. The topological polar surface area (TPSA) is 53.7 Å². The number of aliphatic hydroxyl groups excluding tert-OH is 1. The number of rotatable bonds is 4. The van der Waals surface area contributed by atoms with Crippen LogP contribution < -0.4 is 0 Å². The molecule has 0 aliphatic carbocycles. The van der Waals surface area contributed by atoms with Gasteiger partial charge < -0.3 is 14.4 Å². The highest BCUT2D eigenvalue weighted by Gasteiger charge is 2.30. The smallest absolute Gasteiger partial charge is 0.264 e. The fourth-order valence-corrected chi connectivity index (χ4v) is 4.15. The zero-order chi connectivity index (χ0) is 16.2. The lowest BCUT2D eigenvalue weighted by Gasteiger charge is -2.31. The van der Waals surface area contributed by atoms with Crippen LogP contribution in [0.5, 0.6) is 0 Å². The van der Waals surface area contributed by atoms with Gasteiger partial charge >= 0.3 is 0 Å². The minimum Gasteiger partial charge on any atom is -0.467 e.